The van der Waals surface area contributed by atoms with Gasteiger partial charge >= 0.3 is 0 Å². The van der Waals surface area contributed by atoms with Crippen LogP contribution in [0.1, 0.15) is 49.3 Å². The molecule has 0 spiro atoms. The lowest BCUT2D eigenvalue weighted by Gasteiger charge is -2.13. The number of rotatable bonds is 8. The lowest BCUT2D eigenvalue weighted by atomic mass is 10.0. The Morgan fingerprint density at radius 2 is 1.82 bits per heavy atom. The van der Waals surface area contributed by atoms with Crippen molar-refractivity contribution in [3.8, 4) is 5.75 Å². The first-order valence-corrected chi connectivity index (χ1v) is 11.8. The molecule has 3 rings (SSSR count). The van der Waals surface area contributed by atoms with Gasteiger partial charge in [0.1, 0.15) is 22.0 Å². The number of hydrogen-bond donors (Lipinski definition) is 2. The number of nitrogens with one attached hydrogen (secondary N) is 2. The molecule has 3 aromatic rings. The van der Waals surface area contributed by atoms with Crippen LogP contribution in [0.15, 0.2) is 51.9 Å². The van der Waals surface area contributed by atoms with Gasteiger partial charge < -0.3 is 14.6 Å². The molecule has 0 aliphatic heterocycles. The van der Waals surface area contributed by atoms with Gasteiger partial charge in [-0.15, -0.1) is 0 Å². The van der Waals surface area contributed by atoms with Crippen molar-refractivity contribution in [3.05, 3.63) is 65.0 Å². The number of sulfonamides is 1. The molecule has 1 amide bonds. The molecule has 0 radical (unpaired) electrons. The van der Waals surface area contributed by atoms with Crippen LogP contribution in [0.2, 0.25) is 0 Å². The van der Waals surface area contributed by atoms with E-state index in [0.717, 1.165) is 5.56 Å². The summed E-state index contributed by atoms with van der Waals surface area (Å²) in [5.74, 6) is 0.666. The molecule has 1 aromatic heterocycles. The van der Waals surface area contributed by atoms with Crippen molar-refractivity contribution in [1.29, 1.82) is 0 Å². The molecule has 33 heavy (non-hydrogen) atoms. The number of benzene rings is 2. The Morgan fingerprint density at radius 3 is 2.42 bits per heavy atom. The zero-order valence-corrected chi connectivity index (χ0v) is 20.0. The normalized spacial score (nSPS) is 11.7. The second-order valence-electron chi connectivity index (χ2n) is 7.81. The predicted molar refractivity (Wildman–Crippen MR) is 129 cm³/mol. The lowest BCUT2D eigenvalue weighted by molar-refractivity contribution is -0.114. The topological polar surface area (TPSA) is 111 Å². The van der Waals surface area contributed by atoms with E-state index < -0.39 is 10.0 Å². The average molecular weight is 470 g/mol. The van der Waals surface area contributed by atoms with Crippen LogP contribution in [-0.2, 0) is 14.8 Å². The Kier molecular flexibility index (Phi) is 7.23. The highest BCUT2D eigenvalue weighted by Gasteiger charge is 2.20. The summed E-state index contributed by atoms with van der Waals surface area (Å²) in [4.78, 5) is 11.4. The minimum Gasteiger partial charge on any atom is -0.495 e. The number of aryl methyl sites for hydroxylation is 1. The van der Waals surface area contributed by atoms with E-state index in [1.807, 2.05) is 12.1 Å². The first-order chi connectivity index (χ1) is 15.6. The van der Waals surface area contributed by atoms with Gasteiger partial charge in [-0.05, 0) is 54.3 Å². The highest BCUT2D eigenvalue weighted by atomic mass is 32.2. The summed E-state index contributed by atoms with van der Waals surface area (Å²) in [5, 5.41) is 6.54. The molecule has 0 aliphatic carbocycles. The van der Waals surface area contributed by atoms with E-state index in [0.29, 0.717) is 34.3 Å². The van der Waals surface area contributed by atoms with E-state index in [2.05, 4.69) is 29.0 Å². The van der Waals surface area contributed by atoms with Gasteiger partial charge in [-0.2, -0.15) is 0 Å². The van der Waals surface area contributed by atoms with Crippen molar-refractivity contribution in [2.75, 3.05) is 17.1 Å². The molecule has 9 heteroatoms. The van der Waals surface area contributed by atoms with Gasteiger partial charge in [0.25, 0.3) is 10.0 Å². The predicted octanol–water partition coefficient (Wildman–Crippen LogP) is 5.04. The Morgan fingerprint density at radius 1 is 1.12 bits per heavy atom. The highest BCUT2D eigenvalue weighted by Crippen LogP contribution is 2.29. The van der Waals surface area contributed by atoms with Crippen LogP contribution < -0.4 is 14.8 Å². The molecule has 0 aliphatic rings. The number of amides is 1. The van der Waals surface area contributed by atoms with Crippen LogP contribution in [0, 0.1) is 6.92 Å². The fourth-order valence-corrected chi connectivity index (χ4v) is 4.42. The third kappa shape index (κ3) is 5.81. The lowest BCUT2D eigenvalue weighted by Crippen LogP contribution is -2.14. The second kappa shape index (κ2) is 9.91. The molecular formula is C24H27N3O5S. The number of anilines is 2. The zero-order valence-electron chi connectivity index (χ0n) is 19.2. The molecule has 0 fully saturated rings. The molecule has 0 saturated carbocycles. The van der Waals surface area contributed by atoms with Crippen LogP contribution in [0.3, 0.4) is 0 Å². The quantitative estimate of drug-likeness (QED) is 0.478. The number of hydrogen-bond acceptors (Lipinski definition) is 6. The summed E-state index contributed by atoms with van der Waals surface area (Å²) in [7, 11) is -2.50. The Labute approximate surface area is 193 Å². The van der Waals surface area contributed by atoms with Crippen LogP contribution >= 0.6 is 0 Å². The fraction of sp³-hybridized carbons (Fsp3) is 0.250. The van der Waals surface area contributed by atoms with Crippen LogP contribution in [0.4, 0.5) is 11.4 Å². The van der Waals surface area contributed by atoms with Gasteiger partial charge in [0.05, 0.1) is 7.11 Å². The van der Waals surface area contributed by atoms with Crippen molar-refractivity contribution >= 4 is 39.5 Å². The third-order valence-electron chi connectivity index (χ3n) is 4.92. The third-order valence-corrected chi connectivity index (χ3v) is 6.33. The molecule has 1 heterocycles. The van der Waals surface area contributed by atoms with Crippen LogP contribution in [-0.4, -0.2) is 26.6 Å². The Hall–Kier alpha value is -3.59. The van der Waals surface area contributed by atoms with Crippen molar-refractivity contribution in [1.82, 2.24) is 5.16 Å². The first kappa shape index (κ1) is 24.1. The number of methoxy groups -OCH3 is 1. The van der Waals surface area contributed by atoms with E-state index >= 15 is 0 Å². The highest BCUT2D eigenvalue weighted by molar-refractivity contribution is 7.92. The van der Waals surface area contributed by atoms with E-state index in [-0.39, 0.29) is 16.6 Å². The maximum Gasteiger partial charge on any atom is 0.265 e. The van der Waals surface area contributed by atoms with Gasteiger partial charge in [-0.25, -0.2) is 8.42 Å². The molecule has 2 N–H and O–H groups in total. The maximum atomic E-state index is 13.1. The maximum absolute atomic E-state index is 13.1. The first-order valence-electron chi connectivity index (χ1n) is 10.3. The monoisotopic (exact) mass is 469 g/mol. The van der Waals surface area contributed by atoms with E-state index in [4.69, 9.17) is 9.26 Å². The smallest absolute Gasteiger partial charge is 0.265 e. The number of carbonyl (C=O) groups is 1. The summed E-state index contributed by atoms with van der Waals surface area (Å²) in [6, 6.07) is 12.1. The standard InChI is InChI=1S/C24H27N3O5S/c1-15(2)19-8-10-20(11-9-19)27-33(29,30)23-14-18(6-12-21(23)31-5)7-13-22-24(25-17(4)28)16(3)26-32-22/h6-15,27H,1-5H3,(H,25,28)/b13-7-. The number of ether oxygens (including phenoxy) is 1. The van der Waals surface area contributed by atoms with Gasteiger partial charge in [0.2, 0.25) is 5.91 Å². The number of nitrogens with zero attached hydrogens (tertiary/aromatic N) is 1. The minimum absolute atomic E-state index is 0.00378. The van der Waals surface area contributed by atoms with Gasteiger partial charge in [-0.1, -0.05) is 43.3 Å². The Bertz CT molecular complexity index is 1280. The molecule has 2 aromatic carbocycles. The number of carbonyl (C=O) groups excluding carboxylic acids is 1. The molecule has 0 bridgehead atoms. The largest absolute Gasteiger partial charge is 0.495 e. The van der Waals surface area contributed by atoms with Gasteiger partial charge in [-0.3, -0.25) is 9.52 Å². The summed E-state index contributed by atoms with van der Waals surface area (Å²) in [5.41, 5.74) is 3.17. The van der Waals surface area contributed by atoms with Gasteiger partial charge in [0, 0.05) is 12.6 Å². The van der Waals surface area contributed by atoms with E-state index in [1.54, 1.807) is 43.3 Å². The second-order valence-corrected chi connectivity index (χ2v) is 9.47. The summed E-state index contributed by atoms with van der Waals surface area (Å²) < 4.78 is 39.4. The molecule has 0 unspecified atom stereocenters. The molecule has 174 valence electrons. The average Bonchev–Trinajstić information content (AvgIpc) is 3.11. The summed E-state index contributed by atoms with van der Waals surface area (Å²) >= 11 is 0. The SMILES string of the molecule is COc1ccc(/C=C\c2onc(C)c2NC(C)=O)cc1S(=O)(=O)Nc1ccc(C(C)C)cc1. The minimum atomic E-state index is -3.92. The fourth-order valence-electron chi connectivity index (χ4n) is 3.15. The molecule has 0 atom stereocenters. The molecular weight excluding hydrogens is 442 g/mol. The zero-order chi connectivity index (χ0) is 24.2. The summed E-state index contributed by atoms with van der Waals surface area (Å²) in [6.07, 6.45) is 3.28. The summed E-state index contributed by atoms with van der Waals surface area (Å²) in [6.45, 7) is 7.25. The van der Waals surface area contributed by atoms with Crippen molar-refractivity contribution < 1.29 is 22.5 Å². The molecule has 8 nitrogen and oxygen atoms in total. The molecule has 0 saturated heterocycles. The van der Waals surface area contributed by atoms with E-state index in [9.17, 15) is 13.2 Å². The van der Waals surface area contributed by atoms with Crippen molar-refractivity contribution in [2.24, 2.45) is 0 Å². The number of aromatic nitrogens is 1. The van der Waals surface area contributed by atoms with Crippen molar-refractivity contribution in [3.63, 3.8) is 0 Å². The van der Waals surface area contributed by atoms with Gasteiger partial charge in [0.15, 0.2) is 5.76 Å². The Balaban J connectivity index is 1.90. The van der Waals surface area contributed by atoms with E-state index in [1.165, 1.54) is 20.1 Å². The van der Waals surface area contributed by atoms with Crippen LogP contribution in [0.5, 0.6) is 5.75 Å². The van der Waals surface area contributed by atoms with Crippen LogP contribution in [0.25, 0.3) is 12.2 Å². The van der Waals surface area contributed by atoms with Crippen molar-refractivity contribution in [2.45, 2.75) is 38.5 Å².